The third-order valence-electron chi connectivity index (χ3n) is 4.89. The van der Waals surface area contributed by atoms with Gasteiger partial charge in [-0.25, -0.2) is 4.39 Å². The van der Waals surface area contributed by atoms with E-state index in [-0.39, 0.29) is 17.1 Å². The van der Waals surface area contributed by atoms with E-state index in [2.05, 4.69) is 10.2 Å². The van der Waals surface area contributed by atoms with Crippen LogP contribution in [0.1, 0.15) is 62.7 Å². The molecule has 0 radical (unpaired) electrons. The van der Waals surface area contributed by atoms with Crippen LogP contribution in [0.2, 0.25) is 0 Å². The molecule has 0 aromatic heterocycles. The standard InChI is InChI=1S/C22H33FN2O4/c1-3-5-13-28-19-16-17(15-18(23)21(19)29-14-6-4-2)20(26)22(27)24-9-12-25-10-7-8-11-25/h15-16H,3-14H2,1-2H3,(H,24,27). The highest BCUT2D eigenvalue weighted by Crippen LogP contribution is 2.32. The van der Waals surface area contributed by atoms with Gasteiger partial charge in [-0.1, -0.05) is 26.7 Å². The van der Waals surface area contributed by atoms with Crippen LogP contribution in [-0.2, 0) is 4.79 Å². The number of halogens is 1. The van der Waals surface area contributed by atoms with Crippen LogP contribution in [0.3, 0.4) is 0 Å². The summed E-state index contributed by atoms with van der Waals surface area (Å²) in [5.41, 5.74) is -0.0319. The van der Waals surface area contributed by atoms with Gasteiger partial charge < -0.3 is 19.7 Å². The molecular weight excluding hydrogens is 375 g/mol. The molecule has 1 amide bonds. The van der Waals surface area contributed by atoms with Gasteiger partial charge in [-0.2, -0.15) is 0 Å². The number of nitrogens with one attached hydrogen (secondary N) is 1. The second-order valence-corrected chi connectivity index (χ2v) is 7.32. The molecule has 0 saturated carbocycles. The second-order valence-electron chi connectivity index (χ2n) is 7.32. The summed E-state index contributed by atoms with van der Waals surface area (Å²) in [4.78, 5) is 27.0. The zero-order chi connectivity index (χ0) is 21.1. The molecule has 1 heterocycles. The van der Waals surface area contributed by atoms with Gasteiger partial charge in [-0.3, -0.25) is 9.59 Å². The van der Waals surface area contributed by atoms with Crippen LogP contribution >= 0.6 is 0 Å². The Balaban J connectivity index is 2.04. The molecule has 0 aliphatic carbocycles. The number of amides is 1. The first-order valence-electron chi connectivity index (χ1n) is 10.7. The quantitative estimate of drug-likeness (QED) is 0.307. The number of ketones is 1. The number of hydrogen-bond acceptors (Lipinski definition) is 5. The van der Waals surface area contributed by atoms with E-state index in [1.54, 1.807) is 0 Å². The number of rotatable bonds is 13. The summed E-state index contributed by atoms with van der Waals surface area (Å²) in [7, 11) is 0. The van der Waals surface area contributed by atoms with Gasteiger partial charge in [0.25, 0.3) is 5.91 Å². The number of carbonyl (C=O) groups is 2. The van der Waals surface area contributed by atoms with Crippen LogP contribution in [0.5, 0.6) is 11.5 Å². The fourth-order valence-corrected chi connectivity index (χ4v) is 3.14. The summed E-state index contributed by atoms with van der Waals surface area (Å²) in [5, 5.41) is 2.63. The van der Waals surface area contributed by atoms with Gasteiger partial charge in [0, 0.05) is 18.7 Å². The minimum atomic E-state index is -0.772. The van der Waals surface area contributed by atoms with Crippen molar-refractivity contribution in [3.05, 3.63) is 23.5 Å². The summed E-state index contributed by atoms with van der Waals surface area (Å²) in [5.74, 6) is -2.03. The molecule has 1 aliphatic rings. The van der Waals surface area contributed by atoms with Gasteiger partial charge in [-0.15, -0.1) is 0 Å². The van der Waals surface area contributed by atoms with Crippen LogP contribution in [0.25, 0.3) is 0 Å². The third-order valence-corrected chi connectivity index (χ3v) is 4.89. The smallest absolute Gasteiger partial charge is 0.292 e. The summed E-state index contributed by atoms with van der Waals surface area (Å²) < 4.78 is 25.8. The van der Waals surface area contributed by atoms with Crippen molar-refractivity contribution in [3.63, 3.8) is 0 Å². The number of carbonyl (C=O) groups excluding carboxylic acids is 2. The molecule has 0 bridgehead atoms. The lowest BCUT2D eigenvalue weighted by molar-refractivity contribution is -0.117. The number of unbranched alkanes of at least 4 members (excludes halogenated alkanes) is 2. The molecule has 1 aliphatic heterocycles. The van der Waals surface area contributed by atoms with Crippen molar-refractivity contribution in [2.75, 3.05) is 39.4 Å². The predicted molar refractivity (Wildman–Crippen MR) is 110 cm³/mol. The van der Waals surface area contributed by atoms with Crippen molar-refractivity contribution in [2.24, 2.45) is 0 Å². The molecule has 1 aromatic rings. The Kier molecular flexibility index (Phi) is 9.91. The maximum Gasteiger partial charge on any atom is 0.292 e. The molecule has 0 atom stereocenters. The normalized spacial score (nSPS) is 14.0. The van der Waals surface area contributed by atoms with Crippen LogP contribution in [-0.4, -0.2) is 56.0 Å². The fraction of sp³-hybridized carbons (Fsp3) is 0.636. The topological polar surface area (TPSA) is 67.9 Å². The van der Waals surface area contributed by atoms with Gasteiger partial charge in [0.1, 0.15) is 0 Å². The molecule has 1 aromatic carbocycles. The van der Waals surface area contributed by atoms with E-state index in [0.717, 1.165) is 44.8 Å². The second kappa shape index (κ2) is 12.4. The zero-order valence-electron chi connectivity index (χ0n) is 17.6. The van der Waals surface area contributed by atoms with E-state index >= 15 is 0 Å². The largest absolute Gasteiger partial charge is 0.490 e. The van der Waals surface area contributed by atoms with Gasteiger partial charge in [0.05, 0.1) is 13.2 Å². The molecule has 1 fully saturated rings. The number of Topliss-reactive ketones (excluding diaryl/α,β-unsaturated/α-hetero) is 1. The van der Waals surface area contributed by atoms with Crippen molar-refractivity contribution < 1.29 is 23.5 Å². The molecule has 162 valence electrons. The Hall–Kier alpha value is -2.15. The average molecular weight is 409 g/mol. The Morgan fingerprint density at radius 3 is 2.38 bits per heavy atom. The van der Waals surface area contributed by atoms with Gasteiger partial charge in [0.2, 0.25) is 5.78 Å². The zero-order valence-corrected chi connectivity index (χ0v) is 17.6. The fourth-order valence-electron chi connectivity index (χ4n) is 3.14. The van der Waals surface area contributed by atoms with Crippen LogP contribution in [0, 0.1) is 5.82 Å². The molecule has 6 nitrogen and oxygen atoms in total. The molecule has 7 heteroatoms. The Morgan fingerprint density at radius 2 is 1.72 bits per heavy atom. The minimum absolute atomic E-state index is 0.000504. The monoisotopic (exact) mass is 408 g/mol. The Bertz CT molecular complexity index is 675. The van der Waals surface area contributed by atoms with E-state index in [4.69, 9.17) is 9.47 Å². The number of ether oxygens (including phenoxy) is 2. The number of hydrogen-bond donors (Lipinski definition) is 1. The first-order valence-corrected chi connectivity index (χ1v) is 10.7. The van der Waals surface area contributed by atoms with Gasteiger partial charge in [0.15, 0.2) is 17.3 Å². The van der Waals surface area contributed by atoms with Gasteiger partial charge in [-0.05, 0) is 50.9 Å². The van der Waals surface area contributed by atoms with E-state index in [1.807, 2.05) is 13.8 Å². The summed E-state index contributed by atoms with van der Waals surface area (Å²) in [6.45, 7) is 7.94. The lowest BCUT2D eigenvalue weighted by atomic mass is 10.1. The van der Waals surface area contributed by atoms with Crippen molar-refractivity contribution in [1.29, 1.82) is 0 Å². The third kappa shape index (κ3) is 7.31. The Morgan fingerprint density at radius 1 is 1.07 bits per heavy atom. The SMILES string of the molecule is CCCCOc1cc(C(=O)C(=O)NCCN2CCCC2)cc(F)c1OCCCC. The maximum absolute atomic E-state index is 14.6. The molecule has 1 N–H and O–H groups in total. The molecular formula is C22H33FN2O4. The van der Waals surface area contributed by atoms with Crippen molar-refractivity contribution >= 4 is 11.7 Å². The van der Waals surface area contributed by atoms with Crippen molar-refractivity contribution in [1.82, 2.24) is 10.2 Å². The molecule has 2 rings (SSSR count). The first-order chi connectivity index (χ1) is 14.1. The summed E-state index contributed by atoms with van der Waals surface area (Å²) in [6.07, 6.45) is 5.76. The predicted octanol–water partition coefficient (Wildman–Crippen LogP) is 3.58. The highest BCUT2D eigenvalue weighted by molar-refractivity contribution is 6.42. The van der Waals surface area contributed by atoms with Crippen LogP contribution in [0.15, 0.2) is 12.1 Å². The average Bonchev–Trinajstić information content (AvgIpc) is 3.22. The highest BCUT2D eigenvalue weighted by atomic mass is 19.1. The number of benzene rings is 1. The van der Waals surface area contributed by atoms with E-state index < -0.39 is 17.5 Å². The molecule has 0 unspecified atom stereocenters. The molecule has 1 saturated heterocycles. The molecule has 29 heavy (non-hydrogen) atoms. The van der Waals surface area contributed by atoms with Crippen LogP contribution < -0.4 is 14.8 Å². The lowest BCUT2D eigenvalue weighted by Gasteiger charge is -2.16. The number of nitrogens with zero attached hydrogens (tertiary/aromatic N) is 1. The van der Waals surface area contributed by atoms with E-state index in [1.165, 1.54) is 18.9 Å². The first kappa shape index (κ1) is 23.1. The maximum atomic E-state index is 14.6. The number of likely N-dealkylation sites (tertiary alicyclic amines) is 1. The summed E-state index contributed by atoms with van der Waals surface area (Å²) in [6, 6.07) is 2.46. The highest BCUT2D eigenvalue weighted by Gasteiger charge is 2.22. The van der Waals surface area contributed by atoms with Crippen LogP contribution in [0.4, 0.5) is 4.39 Å². The van der Waals surface area contributed by atoms with E-state index in [0.29, 0.717) is 26.3 Å². The molecule has 0 spiro atoms. The van der Waals surface area contributed by atoms with E-state index in [9.17, 15) is 14.0 Å². The summed E-state index contributed by atoms with van der Waals surface area (Å²) >= 11 is 0. The Labute approximate surface area is 172 Å². The lowest BCUT2D eigenvalue weighted by Crippen LogP contribution is -2.37. The van der Waals surface area contributed by atoms with Gasteiger partial charge >= 0.3 is 0 Å². The van der Waals surface area contributed by atoms with Crippen molar-refractivity contribution in [3.8, 4) is 11.5 Å². The van der Waals surface area contributed by atoms with Crippen molar-refractivity contribution in [2.45, 2.75) is 52.4 Å². The minimum Gasteiger partial charge on any atom is -0.490 e.